The van der Waals surface area contributed by atoms with Gasteiger partial charge in [0, 0.05) is 12.7 Å². The molecule has 0 spiro atoms. The van der Waals surface area contributed by atoms with Crippen molar-refractivity contribution in [2.24, 2.45) is 0 Å². The summed E-state index contributed by atoms with van der Waals surface area (Å²) in [5, 5.41) is 0. The van der Waals surface area contributed by atoms with Crippen molar-refractivity contribution in [1.82, 2.24) is 0 Å². The van der Waals surface area contributed by atoms with E-state index in [-0.39, 0.29) is 13.2 Å². The largest absolute Gasteiger partial charge is 0.457 e. The molecule has 0 aliphatic rings. The van der Waals surface area contributed by atoms with E-state index in [1.165, 1.54) is 19.3 Å². The Bertz CT molecular complexity index is 1160. The van der Waals surface area contributed by atoms with Crippen LogP contribution in [0, 0.1) is 0 Å². The van der Waals surface area contributed by atoms with Gasteiger partial charge in [0.25, 0.3) is 0 Å². The maximum Gasteiger partial charge on any atom is 0.376 e. The second kappa shape index (κ2) is 13.6. The summed E-state index contributed by atoms with van der Waals surface area (Å²) >= 11 is 0. The molecule has 7 nitrogen and oxygen atoms in total. The van der Waals surface area contributed by atoms with Crippen LogP contribution in [0.4, 0.5) is 0 Å². The van der Waals surface area contributed by atoms with E-state index in [9.17, 15) is 9.36 Å². The summed E-state index contributed by atoms with van der Waals surface area (Å²) in [6.07, 6.45) is 1.81. The number of hydrogen-bond donors (Lipinski definition) is 0. The van der Waals surface area contributed by atoms with E-state index in [4.69, 9.17) is 23.3 Å². The Hall–Kier alpha value is -3.48. The molecule has 3 rings (SSSR count). The molecule has 0 saturated heterocycles. The van der Waals surface area contributed by atoms with Gasteiger partial charge >= 0.3 is 13.6 Å². The van der Waals surface area contributed by atoms with E-state index < -0.39 is 25.5 Å². The van der Waals surface area contributed by atoms with Gasteiger partial charge in [-0.2, -0.15) is 0 Å². The normalized spacial score (nSPS) is 12.8. The third-order valence-corrected chi connectivity index (χ3v) is 6.93. The van der Waals surface area contributed by atoms with Crippen LogP contribution in [-0.2, 0) is 27.9 Å². The van der Waals surface area contributed by atoms with E-state index in [0.717, 1.165) is 0 Å². The van der Waals surface area contributed by atoms with Gasteiger partial charge in [-0.3, -0.25) is 4.57 Å². The molecule has 3 aromatic rings. The Morgan fingerprint density at radius 2 is 1.39 bits per heavy atom. The second-order valence-corrected chi connectivity index (χ2v) is 9.58. The van der Waals surface area contributed by atoms with E-state index in [1.807, 2.05) is 24.3 Å². The summed E-state index contributed by atoms with van der Waals surface area (Å²) in [4.78, 5) is 13.3. The average molecular weight is 509 g/mol. The van der Waals surface area contributed by atoms with Crippen LogP contribution in [0.25, 0.3) is 0 Å². The van der Waals surface area contributed by atoms with Crippen LogP contribution >= 0.6 is 7.60 Å². The van der Waals surface area contributed by atoms with E-state index in [0.29, 0.717) is 22.6 Å². The van der Waals surface area contributed by atoms with E-state index in [1.54, 1.807) is 60.7 Å². The number of rotatable bonds is 14. The Morgan fingerprint density at radius 1 is 0.833 bits per heavy atom. The minimum Gasteiger partial charge on any atom is -0.457 e. The maximum absolute atomic E-state index is 14.0. The molecule has 0 fully saturated rings. The number of methoxy groups -OCH3 is 1. The SMILES string of the molecule is C=CCOP(=O)(OCC=C)[C@H](OC(=O)[C@@H](OC)c1ccccc1)c1cccc(Oc2ccccc2)c1. The lowest BCUT2D eigenvalue weighted by molar-refractivity contribution is -0.159. The quantitative estimate of drug-likeness (QED) is 0.132. The number of benzene rings is 3. The van der Waals surface area contributed by atoms with Crippen molar-refractivity contribution in [3.8, 4) is 11.5 Å². The highest BCUT2D eigenvalue weighted by Gasteiger charge is 2.42. The Kier molecular flexibility index (Phi) is 10.2. The molecule has 36 heavy (non-hydrogen) atoms. The molecule has 188 valence electrons. The van der Waals surface area contributed by atoms with Gasteiger partial charge in [0.1, 0.15) is 11.5 Å². The van der Waals surface area contributed by atoms with Crippen molar-refractivity contribution in [2.75, 3.05) is 20.3 Å². The van der Waals surface area contributed by atoms with Gasteiger partial charge in [0.05, 0.1) is 13.2 Å². The average Bonchev–Trinajstić information content (AvgIpc) is 2.91. The fourth-order valence-electron chi connectivity index (χ4n) is 3.33. The number of carbonyl (C=O) groups excluding carboxylic acids is 1. The first-order valence-electron chi connectivity index (χ1n) is 11.2. The highest BCUT2D eigenvalue weighted by molar-refractivity contribution is 7.54. The Balaban J connectivity index is 2.00. The van der Waals surface area contributed by atoms with Crippen molar-refractivity contribution in [3.63, 3.8) is 0 Å². The van der Waals surface area contributed by atoms with Crippen LogP contribution in [0.5, 0.6) is 11.5 Å². The molecule has 0 N–H and O–H groups in total. The molecule has 0 aromatic heterocycles. The Labute approximate surface area is 211 Å². The Morgan fingerprint density at radius 3 is 1.97 bits per heavy atom. The molecule has 0 saturated carbocycles. The minimum absolute atomic E-state index is 0.0882. The van der Waals surface area contributed by atoms with Gasteiger partial charge in [-0.25, -0.2) is 4.79 Å². The summed E-state index contributed by atoms with van der Waals surface area (Å²) in [7, 11) is -2.69. The van der Waals surface area contributed by atoms with Gasteiger partial charge in [0.2, 0.25) is 5.85 Å². The zero-order valence-corrected chi connectivity index (χ0v) is 20.9. The molecule has 0 aliphatic heterocycles. The molecule has 0 unspecified atom stereocenters. The van der Waals surface area contributed by atoms with Crippen LogP contribution in [-0.4, -0.2) is 26.3 Å². The molecule has 8 heteroatoms. The molecular formula is C28H29O7P. The first-order valence-corrected chi connectivity index (χ1v) is 12.8. The molecule has 0 bridgehead atoms. The molecule has 0 radical (unpaired) electrons. The molecule has 2 atom stereocenters. The number of esters is 1. The fraction of sp³-hybridized carbons (Fsp3) is 0.179. The first kappa shape index (κ1) is 27.1. The van der Waals surface area contributed by atoms with Gasteiger partial charge in [-0.15, -0.1) is 13.2 Å². The van der Waals surface area contributed by atoms with Crippen LogP contribution in [0.3, 0.4) is 0 Å². The van der Waals surface area contributed by atoms with Crippen molar-refractivity contribution in [2.45, 2.75) is 11.9 Å². The highest BCUT2D eigenvalue weighted by atomic mass is 31.2. The molecule has 0 amide bonds. The standard InChI is InChI=1S/C28H29O7P/c1-4-19-32-36(30,33-20-5-2)28(35-27(29)26(31-3)22-13-8-6-9-14-22)23-15-12-18-25(21-23)34-24-16-10-7-11-17-24/h4-18,21,26,28H,1-2,19-20H2,3H3/t26-,28-/m0/s1. The summed E-state index contributed by atoms with van der Waals surface area (Å²) in [5.74, 6) is -1.11. The lowest BCUT2D eigenvalue weighted by Gasteiger charge is -2.28. The summed E-state index contributed by atoms with van der Waals surface area (Å²) in [5.41, 5.74) is 0.940. The number of ether oxygens (including phenoxy) is 3. The predicted molar refractivity (Wildman–Crippen MR) is 138 cm³/mol. The van der Waals surface area contributed by atoms with Crippen LogP contribution < -0.4 is 4.74 Å². The number of carbonyl (C=O) groups is 1. The van der Waals surface area contributed by atoms with Crippen molar-refractivity contribution < 1.29 is 32.6 Å². The zero-order chi connectivity index (χ0) is 25.8. The van der Waals surface area contributed by atoms with Crippen molar-refractivity contribution in [1.29, 1.82) is 0 Å². The first-order chi connectivity index (χ1) is 17.5. The third kappa shape index (κ3) is 7.26. The summed E-state index contributed by atoms with van der Waals surface area (Å²) in [6, 6.07) is 24.7. The zero-order valence-electron chi connectivity index (χ0n) is 20.0. The summed E-state index contributed by atoms with van der Waals surface area (Å²) in [6.45, 7) is 7.04. The second-order valence-electron chi connectivity index (χ2n) is 7.51. The monoisotopic (exact) mass is 508 g/mol. The third-order valence-electron chi connectivity index (χ3n) is 4.93. The summed E-state index contributed by atoms with van der Waals surface area (Å²) < 4.78 is 42.3. The van der Waals surface area contributed by atoms with Gasteiger partial charge in [-0.05, 0) is 29.8 Å². The van der Waals surface area contributed by atoms with E-state index >= 15 is 0 Å². The van der Waals surface area contributed by atoms with Gasteiger partial charge in [0.15, 0.2) is 6.10 Å². The van der Waals surface area contributed by atoms with Crippen LogP contribution in [0.1, 0.15) is 23.1 Å². The molecule has 0 heterocycles. The lowest BCUT2D eigenvalue weighted by Crippen LogP contribution is -2.22. The van der Waals surface area contributed by atoms with Crippen LogP contribution in [0.15, 0.2) is 110 Å². The van der Waals surface area contributed by atoms with Crippen LogP contribution in [0.2, 0.25) is 0 Å². The predicted octanol–water partition coefficient (Wildman–Crippen LogP) is 7.01. The maximum atomic E-state index is 14.0. The van der Waals surface area contributed by atoms with Crippen molar-refractivity contribution in [3.05, 3.63) is 121 Å². The smallest absolute Gasteiger partial charge is 0.376 e. The number of hydrogen-bond acceptors (Lipinski definition) is 7. The van der Waals surface area contributed by atoms with Gasteiger partial charge < -0.3 is 23.3 Å². The molecular weight excluding hydrogens is 479 g/mol. The fourth-order valence-corrected chi connectivity index (χ4v) is 5.06. The van der Waals surface area contributed by atoms with Crippen molar-refractivity contribution >= 4 is 13.6 Å². The molecule has 0 aliphatic carbocycles. The highest BCUT2D eigenvalue weighted by Crippen LogP contribution is 2.62. The topological polar surface area (TPSA) is 80.3 Å². The number of para-hydroxylation sites is 1. The minimum atomic E-state index is -4.08. The van der Waals surface area contributed by atoms with E-state index in [2.05, 4.69) is 13.2 Å². The molecule has 3 aromatic carbocycles. The lowest BCUT2D eigenvalue weighted by atomic mass is 10.1. The van der Waals surface area contributed by atoms with Gasteiger partial charge in [-0.1, -0.05) is 72.8 Å².